The van der Waals surface area contributed by atoms with Crippen molar-refractivity contribution < 1.29 is 19.5 Å². The highest BCUT2D eigenvalue weighted by atomic mass is 35.5. The van der Waals surface area contributed by atoms with Crippen LogP contribution in [-0.2, 0) is 11.8 Å². The summed E-state index contributed by atoms with van der Waals surface area (Å²) in [6.07, 6.45) is 2.87. The Morgan fingerprint density at radius 2 is 1.97 bits per heavy atom. The number of hydroxylamine groups is 2. The number of hydrogen-bond donors (Lipinski definition) is 1. The first-order valence-corrected chi connectivity index (χ1v) is 10.9. The summed E-state index contributed by atoms with van der Waals surface area (Å²) in [6, 6.07) is 10.6. The van der Waals surface area contributed by atoms with Gasteiger partial charge in [-0.2, -0.15) is 15.1 Å². The van der Waals surface area contributed by atoms with E-state index in [-0.39, 0.29) is 0 Å². The van der Waals surface area contributed by atoms with Crippen molar-refractivity contribution in [1.29, 1.82) is 0 Å². The van der Waals surface area contributed by atoms with Gasteiger partial charge in [0.2, 0.25) is 5.88 Å². The largest absolute Gasteiger partial charge is 0.476 e. The molecule has 0 aliphatic carbocycles. The molecule has 0 radical (unpaired) electrons. The Morgan fingerprint density at radius 1 is 1.25 bits per heavy atom. The van der Waals surface area contributed by atoms with E-state index in [0.717, 1.165) is 16.5 Å². The first-order valence-electron chi connectivity index (χ1n) is 10.5. The Labute approximate surface area is 192 Å². The summed E-state index contributed by atoms with van der Waals surface area (Å²) < 4.78 is 12.9. The topological polar surface area (TPSA) is 89.7 Å². The number of aromatic nitrogens is 3. The lowest BCUT2D eigenvalue weighted by Crippen LogP contribution is -2.37. The highest BCUT2D eigenvalue weighted by molar-refractivity contribution is 6.30. The second kappa shape index (κ2) is 10.2. The maximum Gasteiger partial charge on any atom is 0.434 e. The number of halogens is 1. The summed E-state index contributed by atoms with van der Waals surface area (Å²) in [5.74, 6) is 0.435. The molecule has 1 aromatic carbocycles. The van der Waals surface area contributed by atoms with E-state index in [4.69, 9.17) is 21.1 Å². The highest BCUT2D eigenvalue weighted by Crippen LogP contribution is 2.28. The molecule has 3 aromatic rings. The van der Waals surface area contributed by atoms with Gasteiger partial charge < -0.3 is 9.47 Å². The number of carbonyl (C=O) groups is 1. The van der Waals surface area contributed by atoms with E-state index < -0.39 is 17.7 Å². The monoisotopic (exact) mass is 460 g/mol. The second-order valence-corrected chi connectivity index (χ2v) is 8.94. The molecule has 1 amide bonds. The molecule has 0 saturated carbocycles. The molecule has 0 aliphatic heterocycles. The number of aryl methyl sites for hydroxylation is 1. The fraction of sp³-hybridized carbons (Fsp3) is 0.435. The SMILES string of the molecule is Cn1ncc2cc(Cl)nc(OCCCCC(c3ccccc3)N(O)C(=O)OC(C)(C)C)c21. The van der Waals surface area contributed by atoms with Crippen LogP contribution >= 0.6 is 11.6 Å². The maximum absolute atomic E-state index is 12.4. The molecule has 172 valence electrons. The molecule has 32 heavy (non-hydrogen) atoms. The van der Waals surface area contributed by atoms with Gasteiger partial charge in [-0.15, -0.1) is 0 Å². The molecule has 1 N–H and O–H groups in total. The number of nitrogens with zero attached hydrogens (tertiary/aromatic N) is 4. The zero-order valence-corrected chi connectivity index (χ0v) is 19.5. The van der Waals surface area contributed by atoms with Gasteiger partial charge in [-0.25, -0.2) is 4.79 Å². The Hall–Kier alpha value is -2.84. The molecule has 1 unspecified atom stereocenters. The Bertz CT molecular complexity index is 1050. The molecular formula is C23H29ClN4O4. The van der Waals surface area contributed by atoms with Crippen LogP contribution in [0, 0.1) is 0 Å². The normalized spacial score (nSPS) is 12.6. The van der Waals surface area contributed by atoms with Crippen LogP contribution in [0.5, 0.6) is 5.88 Å². The second-order valence-electron chi connectivity index (χ2n) is 8.55. The van der Waals surface area contributed by atoms with Crippen LogP contribution < -0.4 is 4.74 Å². The molecular weight excluding hydrogens is 432 g/mol. The van der Waals surface area contributed by atoms with Gasteiger partial charge in [0.25, 0.3) is 0 Å². The summed E-state index contributed by atoms with van der Waals surface area (Å²) in [5, 5.41) is 16.7. The van der Waals surface area contributed by atoms with Gasteiger partial charge in [0, 0.05) is 12.4 Å². The van der Waals surface area contributed by atoms with E-state index in [1.165, 1.54) is 0 Å². The lowest BCUT2D eigenvalue weighted by molar-refractivity contribution is -0.123. The molecule has 0 saturated heterocycles. The Balaban J connectivity index is 1.61. The summed E-state index contributed by atoms with van der Waals surface area (Å²) in [5.41, 5.74) is 0.909. The number of pyridine rings is 1. The van der Waals surface area contributed by atoms with Crippen LogP contribution in [0.4, 0.5) is 4.79 Å². The van der Waals surface area contributed by atoms with Gasteiger partial charge in [0.1, 0.15) is 16.3 Å². The van der Waals surface area contributed by atoms with Crippen molar-refractivity contribution in [1.82, 2.24) is 19.8 Å². The Morgan fingerprint density at radius 3 is 2.66 bits per heavy atom. The molecule has 0 spiro atoms. The lowest BCUT2D eigenvalue weighted by atomic mass is 10.0. The van der Waals surface area contributed by atoms with Gasteiger partial charge in [0.05, 0.1) is 18.8 Å². The highest BCUT2D eigenvalue weighted by Gasteiger charge is 2.28. The van der Waals surface area contributed by atoms with Crippen molar-refractivity contribution in [2.45, 2.75) is 51.7 Å². The van der Waals surface area contributed by atoms with Crippen LogP contribution in [0.1, 0.15) is 51.6 Å². The third-order valence-electron chi connectivity index (χ3n) is 4.82. The number of unbranched alkanes of at least 4 members (excludes halogenated alkanes) is 1. The molecule has 2 aromatic heterocycles. The van der Waals surface area contributed by atoms with Gasteiger partial charge in [-0.3, -0.25) is 9.89 Å². The molecule has 2 heterocycles. The number of benzene rings is 1. The van der Waals surface area contributed by atoms with Crippen molar-refractivity contribution in [2.75, 3.05) is 6.61 Å². The number of fused-ring (bicyclic) bond motifs is 1. The predicted molar refractivity (Wildman–Crippen MR) is 122 cm³/mol. The molecule has 8 nitrogen and oxygen atoms in total. The average molecular weight is 461 g/mol. The maximum atomic E-state index is 12.4. The van der Waals surface area contributed by atoms with Crippen LogP contribution in [0.2, 0.25) is 5.15 Å². The van der Waals surface area contributed by atoms with Crippen LogP contribution in [-0.4, -0.2) is 43.3 Å². The minimum atomic E-state index is -0.774. The first-order chi connectivity index (χ1) is 15.2. The molecule has 3 rings (SSSR count). The summed E-state index contributed by atoms with van der Waals surface area (Å²) in [6.45, 7) is 5.69. The molecule has 0 aliphatic rings. The van der Waals surface area contributed by atoms with Gasteiger partial charge >= 0.3 is 6.09 Å². The van der Waals surface area contributed by atoms with Gasteiger partial charge in [-0.1, -0.05) is 41.9 Å². The molecule has 0 bridgehead atoms. The van der Waals surface area contributed by atoms with Gasteiger partial charge in [0.15, 0.2) is 0 Å². The lowest BCUT2D eigenvalue weighted by Gasteiger charge is -2.29. The minimum Gasteiger partial charge on any atom is -0.476 e. The van der Waals surface area contributed by atoms with E-state index in [1.807, 2.05) is 37.4 Å². The molecule has 1 atom stereocenters. The number of ether oxygens (including phenoxy) is 2. The van der Waals surface area contributed by atoms with Gasteiger partial charge in [-0.05, 0) is 51.7 Å². The zero-order valence-electron chi connectivity index (χ0n) is 18.8. The zero-order chi connectivity index (χ0) is 23.3. The molecule has 9 heteroatoms. The standard InChI is InChI=1S/C23H29ClN4O4/c1-23(2,3)32-22(29)28(30)18(16-10-6-5-7-11-16)12-8-9-13-31-21-20-17(14-19(24)26-21)15-25-27(20)4/h5-7,10-11,14-15,18,30H,8-9,12-13H2,1-4H3. The van der Waals surface area contributed by atoms with Crippen LogP contribution in [0.3, 0.4) is 0 Å². The fourth-order valence-electron chi connectivity index (χ4n) is 3.38. The smallest absolute Gasteiger partial charge is 0.434 e. The van der Waals surface area contributed by atoms with E-state index in [9.17, 15) is 10.0 Å². The third kappa shape index (κ3) is 6.11. The fourth-order valence-corrected chi connectivity index (χ4v) is 3.58. The summed E-state index contributed by atoms with van der Waals surface area (Å²) in [4.78, 5) is 16.7. The number of amides is 1. The molecule has 0 fully saturated rings. The summed E-state index contributed by atoms with van der Waals surface area (Å²) >= 11 is 6.09. The number of rotatable bonds is 8. The van der Waals surface area contributed by atoms with Crippen molar-refractivity contribution >= 4 is 28.6 Å². The Kier molecular flexibility index (Phi) is 7.58. The van der Waals surface area contributed by atoms with Crippen LogP contribution in [0.25, 0.3) is 10.9 Å². The van der Waals surface area contributed by atoms with Crippen LogP contribution in [0.15, 0.2) is 42.6 Å². The van der Waals surface area contributed by atoms with E-state index in [2.05, 4.69) is 10.1 Å². The number of hydrogen-bond acceptors (Lipinski definition) is 6. The van der Waals surface area contributed by atoms with Crippen molar-refractivity contribution in [3.8, 4) is 5.88 Å². The van der Waals surface area contributed by atoms with Crippen molar-refractivity contribution in [3.63, 3.8) is 0 Å². The average Bonchev–Trinajstić information content (AvgIpc) is 3.10. The first kappa shape index (κ1) is 23.8. The van der Waals surface area contributed by atoms with Crippen molar-refractivity contribution in [2.24, 2.45) is 7.05 Å². The quantitative estimate of drug-likeness (QED) is 0.205. The minimum absolute atomic E-state index is 0.345. The van der Waals surface area contributed by atoms with E-state index >= 15 is 0 Å². The van der Waals surface area contributed by atoms with Crippen molar-refractivity contribution in [3.05, 3.63) is 53.3 Å². The van der Waals surface area contributed by atoms with E-state index in [1.54, 1.807) is 37.7 Å². The summed E-state index contributed by atoms with van der Waals surface area (Å²) in [7, 11) is 1.82. The number of carbonyl (C=O) groups excluding carboxylic acids is 1. The van der Waals surface area contributed by atoms with E-state index in [0.29, 0.717) is 42.0 Å². The predicted octanol–water partition coefficient (Wildman–Crippen LogP) is 5.54. The third-order valence-corrected chi connectivity index (χ3v) is 5.02.